The first-order valence-corrected chi connectivity index (χ1v) is 10.2. The Labute approximate surface area is 173 Å². The molecular weight excluding hydrogens is 350 g/mol. The third kappa shape index (κ3) is 6.09. The fourth-order valence-corrected chi connectivity index (χ4v) is 4.53. The molecule has 0 heterocycles. The minimum atomic E-state index is 0. The van der Waals surface area contributed by atoms with Crippen molar-refractivity contribution in [3.8, 4) is 0 Å². The topological polar surface area (TPSA) is 0 Å². The van der Waals surface area contributed by atoms with E-state index >= 15 is 0 Å². The molecule has 1 nitrogen and oxygen atoms in total. The summed E-state index contributed by atoms with van der Waals surface area (Å²) in [5.41, 5.74) is 3.09. The molecule has 2 aromatic rings. The monoisotopic (exact) mass is 387 g/mol. The van der Waals surface area contributed by atoms with Gasteiger partial charge in [0.2, 0.25) is 0 Å². The fraction of sp³-hybridized carbons (Fsp3) is 0.520. The Morgan fingerprint density at radius 2 is 1.19 bits per heavy atom. The quantitative estimate of drug-likeness (QED) is 0.579. The van der Waals surface area contributed by atoms with E-state index in [-0.39, 0.29) is 17.9 Å². The van der Waals surface area contributed by atoms with E-state index in [2.05, 4.69) is 102 Å². The van der Waals surface area contributed by atoms with Crippen LogP contribution in [-0.4, -0.2) is 25.1 Å². The van der Waals surface area contributed by atoms with Gasteiger partial charge in [-0.3, -0.25) is 0 Å². The molecule has 2 aromatic carbocycles. The second kappa shape index (κ2) is 10.3. The average molecular weight is 388 g/mol. The van der Waals surface area contributed by atoms with Crippen LogP contribution in [0.5, 0.6) is 0 Å². The van der Waals surface area contributed by atoms with Crippen molar-refractivity contribution in [3.05, 3.63) is 71.8 Å². The lowest BCUT2D eigenvalue weighted by Crippen LogP contribution is -3.00. The van der Waals surface area contributed by atoms with Crippen molar-refractivity contribution in [2.24, 2.45) is 11.8 Å². The molecule has 0 aliphatic rings. The van der Waals surface area contributed by atoms with Crippen LogP contribution in [0, 0.1) is 11.8 Å². The molecule has 2 rings (SSSR count). The average Bonchev–Trinajstić information content (AvgIpc) is 2.60. The fourth-order valence-electron chi connectivity index (χ4n) is 4.53. The van der Waals surface area contributed by atoms with Crippen molar-refractivity contribution >= 4 is 0 Å². The summed E-state index contributed by atoms with van der Waals surface area (Å²) in [6, 6.07) is 22.2. The van der Waals surface area contributed by atoms with Crippen LogP contribution in [0.2, 0.25) is 0 Å². The number of halogens is 1. The van der Waals surface area contributed by atoms with Gasteiger partial charge in [-0.05, 0) is 17.4 Å². The molecule has 0 aromatic heterocycles. The van der Waals surface area contributed by atoms with Gasteiger partial charge in [0, 0.05) is 24.8 Å². The number of benzene rings is 2. The van der Waals surface area contributed by atoms with E-state index in [1.807, 2.05) is 0 Å². The maximum Gasteiger partial charge on any atom is 0.125 e. The molecule has 0 saturated heterocycles. The van der Waals surface area contributed by atoms with Gasteiger partial charge < -0.3 is 16.9 Å². The third-order valence-corrected chi connectivity index (χ3v) is 5.76. The maximum absolute atomic E-state index is 2.45. The highest BCUT2D eigenvalue weighted by Crippen LogP contribution is 2.43. The zero-order chi connectivity index (χ0) is 19.2. The largest absolute Gasteiger partial charge is 1.00 e. The number of rotatable bonds is 9. The molecule has 27 heavy (non-hydrogen) atoms. The van der Waals surface area contributed by atoms with Gasteiger partial charge in [-0.1, -0.05) is 88.4 Å². The molecule has 0 saturated carbocycles. The molecule has 0 atom stereocenters. The van der Waals surface area contributed by atoms with E-state index in [1.54, 1.807) is 0 Å². The van der Waals surface area contributed by atoms with Crippen LogP contribution >= 0.6 is 0 Å². The van der Waals surface area contributed by atoms with Crippen molar-refractivity contribution in [1.29, 1.82) is 0 Å². The van der Waals surface area contributed by atoms with Crippen LogP contribution in [0.15, 0.2) is 60.7 Å². The molecule has 150 valence electrons. The molecule has 2 heteroatoms. The summed E-state index contributed by atoms with van der Waals surface area (Å²) in [6.45, 7) is 10.6. The Morgan fingerprint density at radius 1 is 0.741 bits per heavy atom. The van der Waals surface area contributed by atoms with Gasteiger partial charge in [-0.25, -0.2) is 0 Å². The molecule has 0 N–H and O–H groups in total. The Bertz CT molecular complexity index is 637. The molecule has 0 spiro atoms. The Kier molecular flexibility index (Phi) is 9.05. The Morgan fingerprint density at radius 3 is 1.63 bits per heavy atom. The normalized spacial score (nSPS) is 12.3. The van der Waals surface area contributed by atoms with Gasteiger partial charge in [0.15, 0.2) is 0 Å². The summed E-state index contributed by atoms with van der Waals surface area (Å²) in [4.78, 5) is 0. The summed E-state index contributed by atoms with van der Waals surface area (Å²) in [7, 11) is 4.89. The predicted octanol–water partition coefficient (Wildman–Crippen LogP) is 3.30. The first-order valence-electron chi connectivity index (χ1n) is 10.2. The van der Waals surface area contributed by atoms with E-state index in [0.717, 1.165) is 17.4 Å². The summed E-state index contributed by atoms with van der Waals surface area (Å²) >= 11 is 0. The van der Waals surface area contributed by atoms with Gasteiger partial charge >= 0.3 is 0 Å². The van der Waals surface area contributed by atoms with E-state index in [1.165, 1.54) is 24.0 Å². The van der Waals surface area contributed by atoms with Crippen LogP contribution in [0.4, 0.5) is 0 Å². The summed E-state index contributed by atoms with van der Waals surface area (Å²) in [6.07, 6.45) is 3.56. The van der Waals surface area contributed by atoms with Gasteiger partial charge in [0.25, 0.3) is 0 Å². The van der Waals surface area contributed by atoms with Crippen LogP contribution in [0.3, 0.4) is 0 Å². The number of nitrogens with zero attached hydrogens (tertiary/aromatic N) is 1. The summed E-state index contributed by atoms with van der Waals surface area (Å²) in [5.74, 6) is 1.34. The van der Waals surface area contributed by atoms with Crippen molar-refractivity contribution in [2.45, 2.75) is 52.5 Å². The second-order valence-electron chi connectivity index (χ2n) is 9.24. The lowest BCUT2D eigenvalue weighted by molar-refractivity contribution is -0.952. The summed E-state index contributed by atoms with van der Waals surface area (Å²) < 4.78 is 1.03. The minimum absolute atomic E-state index is 0. The molecule has 0 unspecified atom stereocenters. The summed E-state index contributed by atoms with van der Waals surface area (Å²) in [5, 5.41) is 0. The van der Waals surface area contributed by atoms with E-state index in [0.29, 0.717) is 11.8 Å². The first-order chi connectivity index (χ1) is 12.3. The van der Waals surface area contributed by atoms with Crippen LogP contribution < -0.4 is 12.4 Å². The van der Waals surface area contributed by atoms with Crippen LogP contribution in [0.1, 0.15) is 51.7 Å². The zero-order valence-corrected chi connectivity index (χ0v) is 18.8. The van der Waals surface area contributed by atoms with Gasteiger partial charge in [-0.2, -0.15) is 0 Å². The predicted molar refractivity (Wildman–Crippen MR) is 114 cm³/mol. The van der Waals surface area contributed by atoms with Crippen LogP contribution in [-0.2, 0) is 12.0 Å². The van der Waals surface area contributed by atoms with Gasteiger partial charge in [-0.15, -0.1) is 0 Å². The van der Waals surface area contributed by atoms with Gasteiger partial charge in [0.1, 0.15) is 5.54 Å². The first kappa shape index (κ1) is 23.7. The molecule has 0 radical (unpaired) electrons. The molecule has 0 fully saturated rings. The lowest BCUT2D eigenvalue weighted by atomic mass is 9.74. The SMILES string of the molecule is CC(C)CC(CC(C)C)(c1ccccc1)[N+](C)(C)CCc1ccccc1.[Cl-]. The van der Waals surface area contributed by atoms with Gasteiger partial charge in [0.05, 0.1) is 20.6 Å². The van der Waals surface area contributed by atoms with E-state index < -0.39 is 0 Å². The highest BCUT2D eigenvalue weighted by molar-refractivity contribution is 5.23. The molecular formula is C25H38ClN. The van der Waals surface area contributed by atoms with Crippen molar-refractivity contribution in [1.82, 2.24) is 0 Å². The van der Waals surface area contributed by atoms with Crippen LogP contribution in [0.25, 0.3) is 0 Å². The highest BCUT2D eigenvalue weighted by atomic mass is 35.5. The van der Waals surface area contributed by atoms with Crippen molar-refractivity contribution < 1.29 is 16.9 Å². The van der Waals surface area contributed by atoms with Crippen molar-refractivity contribution in [2.75, 3.05) is 20.6 Å². The second-order valence-corrected chi connectivity index (χ2v) is 9.24. The maximum atomic E-state index is 2.45. The Hall–Kier alpha value is -1.31. The number of hydrogen-bond donors (Lipinski definition) is 0. The number of quaternary nitrogens is 1. The number of hydrogen-bond acceptors (Lipinski definition) is 0. The highest BCUT2D eigenvalue weighted by Gasteiger charge is 2.47. The smallest absolute Gasteiger partial charge is 0.125 e. The molecule has 0 aliphatic carbocycles. The zero-order valence-electron chi connectivity index (χ0n) is 18.1. The number of likely N-dealkylation sites (N-methyl/N-ethyl adjacent to an activating group) is 1. The minimum Gasteiger partial charge on any atom is -1.00 e. The van der Waals surface area contributed by atoms with E-state index in [9.17, 15) is 0 Å². The third-order valence-electron chi connectivity index (χ3n) is 5.76. The standard InChI is InChI=1S/C25H38N.ClH/c1-21(2)19-25(20-22(3)4,24-15-11-8-12-16-24)26(5,6)18-17-23-13-9-7-10-14-23;/h7-16,21-22H,17-20H2,1-6H3;1H/q+1;/p-1. The van der Waals surface area contributed by atoms with E-state index in [4.69, 9.17) is 0 Å². The molecule has 0 amide bonds. The Balaban J connectivity index is 0.00000364. The molecule has 0 aliphatic heterocycles. The van der Waals surface area contributed by atoms with Crippen molar-refractivity contribution in [3.63, 3.8) is 0 Å². The molecule has 0 bridgehead atoms. The lowest BCUT2D eigenvalue weighted by Gasteiger charge is -2.51.